The fourth-order valence-corrected chi connectivity index (χ4v) is 4.19. The summed E-state index contributed by atoms with van der Waals surface area (Å²) in [4.78, 5) is 14.3. The van der Waals surface area contributed by atoms with Gasteiger partial charge in [-0.25, -0.2) is 0 Å². The van der Waals surface area contributed by atoms with Gasteiger partial charge in [-0.1, -0.05) is 15.9 Å². The molecule has 0 radical (unpaired) electrons. The lowest BCUT2D eigenvalue weighted by Crippen LogP contribution is -2.62. The van der Waals surface area contributed by atoms with Crippen molar-refractivity contribution in [2.24, 2.45) is 5.92 Å². The molecule has 2 saturated heterocycles. The highest BCUT2D eigenvalue weighted by Gasteiger charge is 2.43. The first-order valence-corrected chi connectivity index (χ1v) is 7.99. The largest absolute Gasteiger partial charge is 0.339 e. The summed E-state index contributed by atoms with van der Waals surface area (Å²) in [7, 11) is 0. The number of rotatable bonds is 2. The second-order valence-electron chi connectivity index (χ2n) is 7.23. The number of alkyl halides is 1. The lowest BCUT2D eigenvalue weighted by Gasteiger charge is -2.49. The van der Waals surface area contributed by atoms with Gasteiger partial charge in [-0.15, -0.1) is 0 Å². The number of nitrogens with zero attached hydrogens (tertiary/aromatic N) is 1. The molecule has 0 aliphatic carbocycles. The van der Waals surface area contributed by atoms with Crippen LogP contribution in [0.15, 0.2) is 0 Å². The molecule has 3 nitrogen and oxygen atoms in total. The lowest BCUT2D eigenvalue weighted by atomic mass is 9.79. The second-order valence-corrected chi connectivity index (χ2v) is 7.87. The minimum atomic E-state index is 0.110. The molecule has 1 amide bonds. The van der Waals surface area contributed by atoms with Gasteiger partial charge < -0.3 is 10.2 Å². The Balaban J connectivity index is 2.11. The number of carbonyl (C=O) groups is 1. The fourth-order valence-electron chi connectivity index (χ4n) is 3.75. The van der Waals surface area contributed by atoms with Crippen LogP contribution in [0.5, 0.6) is 0 Å². The quantitative estimate of drug-likeness (QED) is 0.794. The number of hydrogen-bond donors (Lipinski definition) is 1. The Hall–Kier alpha value is -0.0900. The molecule has 2 heterocycles. The number of halogens is 1. The molecule has 18 heavy (non-hydrogen) atoms. The van der Waals surface area contributed by atoms with Crippen molar-refractivity contribution in [2.45, 2.75) is 64.1 Å². The summed E-state index contributed by atoms with van der Waals surface area (Å²) >= 11 is 3.51. The van der Waals surface area contributed by atoms with Gasteiger partial charge in [0.1, 0.15) is 0 Å². The highest BCUT2D eigenvalue weighted by Crippen LogP contribution is 2.34. The topological polar surface area (TPSA) is 32.3 Å². The summed E-state index contributed by atoms with van der Waals surface area (Å²) in [6.45, 7) is 9.89. The first-order valence-electron chi connectivity index (χ1n) is 6.87. The van der Waals surface area contributed by atoms with E-state index in [1.54, 1.807) is 0 Å². The first-order chi connectivity index (χ1) is 8.22. The van der Waals surface area contributed by atoms with E-state index in [0.29, 0.717) is 17.9 Å². The third-order valence-corrected chi connectivity index (χ3v) is 4.98. The molecule has 104 valence electrons. The minimum absolute atomic E-state index is 0.110. The zero-order chi connectivity index (χ0) is 13.6. The summed E-state index contributed by atoms with van der Waals surface area (Å²) in [5.41, 5.74) is 0.221. The van der Waals surface area contributed by atoms with Gasteiger partial charge in [-0.2, -0.15) is 0 Å². The van der Waals surface area contributed by atoms with Crippen molar-refractivity contribution >= 4 is 21.8 Å². The van der Waals surface area contributed by atoms with Crippen LogP contribution in [-0.4, -0.2) is 39.8 Å². The molecule has 4 heteroatoms. The van der Waals surface area contributed by atoms with Crippen LogP contribution >= 0.6 is 15.9 Å². The van der Waals surface area contributed by atoms with Gasteiger partial charge in [0, 0.05) is 35.4 Å². The van der Waals surface area contributed by atoms with E-state index in [9.17, 15) is 4.79 Å². The van der Waals surface area contributed by atoms with Crippen LogP contribution in [0.4, 0.5) is 0 Å². The molecule has 1 N–H and O–H groups in total. The zero-order valence-corrected chi connectivity index (χ0v) is 13.5. The monoisotopic (exact) mass is 316 g/mol. The molecule has 0 aromatic rings. The van der Waals surface area contributed by atoms with Crippen LogP contribution in [0.25, 0.3) is 0 Å². The summed E-state index contributed by atoms with van der Waals surface area (Å²) in [6.07, 6.45) is 2.82. The first kappa shape index (κ1) is 14.3. The van der Waals surface area contributed by atoms with Crippen molar-refractivity contribution in [3.63, 3.8) is 0 Å². The Bertz CT molecular complexity index is 325. The van der Waals surface area contributed by atoms with Crippen LogP contribution in [0.3, 0.4) is 0 Å². The molecule has 1 atom stereocenters. The molecule has 1 unspecified atom stereocenters. The van der Waals surface area contributed by atoms with Gasteiger partial charge >= 0.3 is 0 Å². The van der Waals surface area contributed by atoms with Crippen LogP contribution in [0.2, 0.25) is 0 Å². The van der Waals surface area contributed by atoms with Crippen molar-refractivity contribution in [1.29, 1.82) is 0 Å². The van der Waals surface area contributed by atoms with Crippen LogP contribution in [-0.2, 0) is 4.79 Å². The molecule has 2 aliphatic rings. The van der Waals surface area contributed by atoms with Crippen molar-refractivity contribution in [1.82, 2.24) is 10.2 Å². The Morgan fingerprint density at radius 2 is 1.83 bits per heavy atom. The van der Waals surface area contributed by atoms with Gasteiger partial charge in [0.25, 0.3) is 0 Å². The maximum atomic E-state index is 12.1. The number of likely N-dealkylation sites (tertiary alicyclic amines) is 1. The predicted octanol–water partition coefficient (Wildman–Crippen LogP) is 2.54. The van der Waals surface area contributed by atoms with Gasteiger partial charge in [-0.3, -0.25) is 4.79 Å². The average molecular weight is 317 g/mol. The SMILES string of the molecule is CC1(C)CC(N2CC(CBr)CC2=O)CC(C)(C)N1. The Kier molecular flexibility index (Phi) is 3.81. The second kappa shape index (κ2) is 4.78. The van der Waals surface area contributed by atoms with Crippen LogP contribution in [0, 0.1) is 5.92 Å². The van der Waals surface area contributed by atoms with E-state index >= 15 is 0 Å². The van der Waals surface area contributed by atoms with E-state index in [0.717, 1.165) is 31.1 Å². The standard InChI is InChI=1S/C14H25BrN2O/c1-13(2)6-11(7-14(3,4)16-13)17-9-10(8-15)5-12(17)18/h10-11,16H,5-9H2,1-4H3. The van der Waals surface area contributed by atoms with Crippen molar-refractivity contribution in [2.75, 3.05) is 11.9 Å². The van der Waals surface area contributed by atoms with Crippen molar-refractivity contribution < 1.29 is 4.79 Å². The molecule has 0 saturated carbocycles. The van der Waals surface area contributed by atoms with E-state index in [-0.39, 0.29) is 11.1 Å². The van der Waals surface area contributed by atoms with Crippen molar-refractivity contribution in [3.8, 4) is 0 Å². The van der Waals surface area contributed by atoms with Gasteiger partial charge in [0.15, 0.2) is 0 Å². The molecule has 2 aliphatic heterocycles. The molecule has 2 fully saturated rings. The number of piperidine rings is 1. The lowest BCUT2D eigenvalue weighted by molar-refractivity contribution is -0.131. The van der Waals surface area contributed by atoms with E-state index in [2.05, 4.69) is 53.8 Å². The zero-order valence-electron chi connectivity index (χ0n) is 11.9. The van der Waals surface area contributed by atoms with E-state index in [4.69, 9.17) is 0 Å². The smallest absolute Gasteiger partial charge is 0.223 e. The predicted molar refractivity (Wildman–Crippen MR) is 77.9 cm³/mol. The highest BCUT2D eigenvalue weighted by atomic mass is 79.9. The number of hydrogen-bond acceptors (Lipinski definition) is 2. The Morgan fingerprint density at radius 3 is 2.28 bits per heavy atom. The number of amides is 1. The fraction of sp³-hybridized carbons (Fsp3) is 0.929. The summed E-state index contributed by atoms with van der Waals surface area (Å²) < 4.78 is 0. The van der Waals surface area contributed by atoms with E-state index in [1.807, 2.05) is 0 Å². The minimum Gasteiger partial charge on any atom is -0.339 e. The van der Waals surface area contributed by atoms with Gasteiger partial charge in [-0.05, 0) is 46.5 Å². The van der Waals surface area contributed by atoms with Gasteiger partial charge in [0.05, 0.1) is 0 Å². The summed E-state index contributed by atoms with van der Waals surface area (Å²) in [5.74, 6) is 0.844. The number of nitrogens with one attached hydrogen (secondary N) is 1. The van der Waals surface area contributed by atoms with Crippen LogP contribution < -0.4 is 5.32 Å². The maximum absolute atomic E-state index is 12.1. The van der Waals surface area contributed by atoms with E-state index in [1.165, 1.54) is 0 Å². The molecule has 0 spiro atoms. The summed E-state index contributed by atoms with van der Waals surface area (Å²) in [5, 5.41) is 4.62. The normalized spacial score (nSPS) is 31.9. The average Bonchev–Trinajstić information content (AvgIpc) is 2.55. The molecule has 0 bridgehead atoms. The van der Waals surface area contributed by atoms with E-state index < -0.39 is 0 Å². The Morgan fingerprint density at radius 1 is 1.28 bits per heavy atom. The summed E-state index contributed by atoms with van der Waals surface area (Å²) in [6, 6.07) is 0.396. The van der Waals surface area contributed by atoms with Gasteiger partial charge in [0.2, 0.25) is 5.91 Å². The molecular formula is C14H25BrN2O. The molecular weight excluding hydrogens is 292 g/mol. The third kappa shape index (κ3) is 3.08. The maximum Gasteiger partial charge on any atom is 0.223 e. The Labute approximate surface area is 119 Å². The van der Waals surface area contributed by atoms with Crippen molar-refractivity contribution in [3.05, 3.63) is 0 Å². The van der Waals surface area contributed by atoms with Crippen LogP contribution in [0.1, 0.15) is 47.0 Å². The number of carbonyl (C=O) groups excluding carboxylic acids is 1. The highest BCUT2D eigenvalue weighted by molar-refractivity contribution is 9.09. The molecule has 0 aromatic carbocycles. The molecule has 2 rings (SSSR count). The third-order valence-electron chi connectivity index (χ3n) is 4.07. The molecule has 0 aromatic heterocycles.